The van der Waals surface area contributed by atoms with Crippen LogP contribution >= 0.6 is 0 Å². The van der Waals surface area contributed by atoms with Crippen LogP contribution < -0.4 is 10.1 Å². The third kappa shape index (κ3) is 5.13. The lowest BCUT2D eigenvalue weighted by molar-refractivity contribution is -0.0499. The first-order valence-electron chi connectivity index (χ1n) is 6.62. The molecule has 0 bridgehead atoms. The summed E-state index contributed by atoms with van der Waals surface area (Å²) in [5.41, 5.74) is 1.65. The Hall–Kier alpha value is -1.98. The van der Waals surface area contributed by atoms with Crippen LogP contribution in [0.5, 0.6) is 5.75 Å². The summed E-state index contributed by atoms with van der Waals surface area (Å²) in [6, 6.07) is 15.9. The molecule has 3 nitrogen and oxygen atoms in total. The lowest BCUT2D eigenvalue weighted by atomic mass is 10.1. The van der Waals surface area contributed by atoms with Crippen LogP contribution in [0.3, 0.4) is 0 Å². The fourth-order valence-electron chi connectivity index (χ4n) is 1.96. The molecule has 0 saturated heterocycles. The first-order chi connectivity index (χ1) is 10.1. The summed E-state index contributed by atoms with van der Waals surface area (Å²) >= 11 is 0. The van der Waals surface area contributed by atoms with Crippen molar-refractivity contribution in [3.63, 3.8) is 0 Å². The summed E-state index contributed by atoms with van der Waals surface area (Å²) in [6.07, 6.45) is -0.782. The molecule has 1 atom stereocenters. The van der Waals surface area contributed by atoms with Gasteiger partial charge in [-0.1, -0.05) is 42.5 Å². The highest BCUT2D eigenvalue weighted by atomic mass is 19.3. The summed E-state index contributed by atoms with van der Waals surface area (Å²) in [5, 5.41) is 13.2. The van der Waals surface area contributed by atoms with E-state index in [1.165, 1.54) is 12.1 Å². The molecule has 0 fully saturated rings. The van der Waals surface area contributed by atoms with E-state index in [-0.39, 0.29) is 5.75 Å². The van der Waals surface area contributed by atoms with Gasteiger partial charge in [0.25, 0.3) is 0 Å². The van der Waals surface area contributed by atoms with Crippen LogP contribution in [0.1, 0.15) is 17.2 Å². The van der Waals surface area contributed by atoms with Gasteiger partial charge in [0.2, 0.25) is 0 Å². The van der Waals surface area contributed by atoms with Crippen molar-refractivity contribution in [1.29, 1.82) is 0 Å². The molecule has 5 heteroatoms. The van der Waals surface area contributed by atoms with Gasteiger partial charge in [-0.15, -0.1) is 0 Å². The zero-order valence-electron chi connectivity index (χ0n) is 11.4. The monoisotopic (exact) mass is 293 g/mol. The quantitative estimate of drug-likeness (QED) is 0.824. The molecule has 0 aliphatic carbocycles. The standard InChI is InChI=1S/C16H17F2NO2/c17-16(18)21-14-8-4-7-13(9-14)15(20)11-19-10-12-5-2-1-3-6-12/h1-9,15-16,19-20H,10-11H2. The number of halogens is 2. The van der Waals surface area contributed by atoms with Gasteiger partial charge in [-0.2, -0.15) is 8.78 Å². The van der Waals surface area contributed by atoms with Gasteiger partial charge in [0.1, 0.15) is 5.75 Å². The number of hydrogen-bond donors (Lipinski definition) is 2. The first kappa shape index (κ1) is 15.4. The lowest BCUT2D eigenvalue weighted by Crippen LogP contribution is -2.21. The fraction of sp³-hybridized carbons (Fsp3) is 0.250. The second-order valence-electron chi connectivity index (χ2n) is 4.58. The van der Waals surface area contributed by atoms with Crippen molar-refractivity contribution in [2.24, 2.45) is 0 Å². The van der Waals surface area contributed by atoms with Gasteiger partial charge in [-0.25, -0.2) is 0 Å². The Morgan fingerprint density at radius 2 is 1.81 bits per heavy atom. The van der Waals surface area contributed by atoms with Gasteiger partial charge in [-0.05, 0) is 23.3 Å². The summed E-state index contributed by atoms with van der Waals surface area (Å²) in [5.74, 6) is 0.0459. The Balaban J connectivity index is 1.86. The van der Waals surface area contributed by atoms with Crippen LogP contribution in [-0.4, -0.2) is 18.3 Å². The molecular weight excluding hydrogens is 276 g/mol. The second-order valence-corrected chi connectivity index (χ2v) is 4.58. The number of aliphatic hydroxyl groups excluding tert-OH is 1. The minimum atomic E-state index is -2.87. The molecule has 2 aromatic carbocycles. The second kappa shape index (κ2) is 7.71. The largest absolute Gasteiger partial charge is 0.435 e. The lowest BCUT2D eigenvalue weighted by Gasteiger charge is -2.13. The predicted molar refractivity (Wildman–Crippen MR) is 76.2 cm³/mol. The van der Waals surface area contributed by atoms with Crippen molar-refractivity contribution in [2.75, 3.05) is 6.54 Å². The average molecular weight is 293 g/mol. The van der Waals surface area contributed by atoms with E-state index in [0.717, 1.165) is 5.56 Å². The number of aliphatic hydroxyl groups is 1. The molecule has 0 aliphatic heterocycles. The van der Waals surface area contributed by atoms with E-state index in [4.69, 9.17) is 0 Å². The van der Waals surface area contributed by atoms with Gasteiger partial charge in [0.05, 0.1) is 6.10 Å². The van der Waals surface area contributed by atoms with E-state index in [9.17, 15) is 13.9 Å². The Morgan fingerprint density at radius 3 is 2.52 bits per heavy atom. The van der Waals surface area contributed by atoms with Gasteiger partial charge in [-0.3, -0.25) is 0 Å². The molecule has 0 heterocycles. The van der Waals surface area contributed by atoms with E-state index in [0.29, 0.717) is 18.7 Å². The molecule has 2 aromatic rings. The van der Waals surface area contributed by atoms with Gasteiger partial charge >= 0.3 is 6.61 Å². The van der Waals surface area contributed by atoms with Crippen LogP contribution in [-0.2, 0) is 6.54 Å². The van der Waals surface area contributed by atoms with Crippen molar-refractivity contribution in [3.05, 3.63) is 65.7 Å². The Kier molecular flexibility index (Phi) is 5.66. The molecule has 0 aromatic heterocycles. The maximum absolute atomic E-state index is 12.1. The summed E-state index contributed by atoms with van der Waals surface area (Å²) < 4.78 is 28.6. The Bertz CT molecular complexity index is 549. The van der Waals surface area contributed by atoms with E-state index >= 15 is 0 Å². The van der Waals surface area contributed by atoms with Crippen molar-refractivity contribution in [3.8, 4) is 5.75 Å². The van der Waals surface area contributed by atoms with E-state index in [1.807, 2.05) is 30.3 Å². The molecule has 0 amide bonds. The van der Waals surface area contributed by atoms with Crippen LogP contribution in [0, 0.1) is 0 Å². The molecular formula is C16H17F2NO2. The Morgan fingerprint density at radius 1 is 1.05 bits per heavy atom. The fourth-order valence-corrected chi connectivity index (χ4v) is 1.96. The molecule has 0 saturated carbocycles. The molecule has 0 radical (unpaired) electrons. The predicted octanol–water partition coefficient (Wildman–Crippen LogP) is 3.11. The molecule has 0 spiro atoms. The summed E-state index contributed by atoms with van der Waals surface area (Å²) in [7, 11) is 0. The normalized spacial score (nSPS) is 12.4. The van der Waals surface area contributed by atoms with Crippen molar-refractivity contribution >= 4 is 0 Å². The smallest absolute Gasteiger partial charge is 0.387 e. The van der Waals surface area contributed by atoms with Crippen LogP contribution in [0.4, 0.5) is 8.78 Å². The number of alkyl halides is 2. The first-order valence-corrected chi connectivity index (χ1v) is 6.62. The number of benzene rings is 2. The SMILES string of the molecule is OC(CNCc1ccccc1)c1cccc(OC(F)F)c1. The molecule has 112 valence electrons. The molecule has 2 rings (SSSR count). The number of hydrogen-bond acceptors (Lipinski definition) is 3. The minimum Gasteiger partial charge on any atom is -0.435 e. The topological polar surface area (TPSA) is 41.5 Å². The van der Waals surface area contributed by atoms with Gasteiger partial charge in [0, 0.05) is 13.1 Å². The minimum absolute atomic E-state index is 0.0459. The number of ether oxygens (including phenoxy) is 1. The molecule has 2 N–H and O–H groups in total. The zero-order chi connectivity index (χ0) is 15.1. The Labute approximate surface area is 122 Å². The third-order valence-corrected chi connectivity index (χ3v) is 2.98. The highest BCUT2D eigenvalue weighted by Crippen LogP contribution is 2.20. The van der Waals surface area contributed by atoms with E-state index in [1.54, 1.807) is 12.1 Å². The van der Waals surface area contributed by atoms with Crippen LogP contribution in [0.15, 0.2) is 54.6 Å². The molecule has 1 unspecified atom stereocenters. The van der Waals surface area contributed by atoms with E-state index in [2.05, 4.69) is 10.1 Å². The maximum atomic E-state index is 12.1. The van der Waals surface area contributed by atoms with Gasteiger partial charge in [0.15, 0.2) is 0 Å². The maximum Gasteiger partial charge on any atom is 0.387 e. The highest BCUT2D eigenvalue weighted by molar-refractivity contribution is 5.30. The molecule has 21 heavy (non-hydrogen) atoms. The summed E-state index contributed by atoms with van der Waals surface area (Å²) in [6.45, 7) is -1.91. The number of rotatable bonds is 7. The van der Waals surface area contributed by atoms with E-state index < -0.39 is 12.7 Å². The van der Waals surface area contributed by atoms with Crippen LogP contribution in [0.25, 0.3) is 0 Å². The van der Waals surface area contributed by atoms with Crippen molar-refractivity contribution in [2.45, 2.75) is 19.3 Å². The highest BCUT2D eigenvalue weighted by Gasteiger charge is 2.10. The van der Waals surface area contributed by atoms with Crippen molar-refractivity contribution < 1.29 is 18.6 Å². The average Bonchev–Trinajstić information content (AvgIpc) is 2.48. The van der Waals surface area contributed by atoms with Crippen molar-refractivity contribution in [1.82, 2.24) is 5.32 Å². The molecule has 0 aliphatic rings. The van der Waals surface area contributed by atoms with Gasteiger partial charge < -0.3 is 15.2 Å². The number of nitrogens with one attached hydrogen (secondary N) is 1. The van der Waals surface area contributed by atoms with Crippen LogP contribution in [0.2, 0.25) is 0 Å². The zero-order valence-corrected chi connectivity index (χ0v) is 11.4. The third-order valence-electron chi connectivity index (χ3n) is 2.98. The summed E-state index contributed by atoms with van der Waals surface area (Å²) in [4.78, 5) is 0.